The number of nitrogens with zero attached hydrogens (tertiary/aromatic N) is 2. The molecule has 4 heteroatoms. The Labute approximate surface area is 140 Å². The van der Waals surface area contributed by atoms with Crippen LogP contribution in [0.2, 0.25) is 0 Å². The van der Waals surface area contributed by atoms with E-state index in [0.29, 0.717) is 24.0 Å². The number of fused-ring (bicyclic) bond motifs is 1. The normalized spacial score (nSPS) is 11.8. The lowest BCUT2D eigenvalue weighted by Gasteiger charge is -2.27. The lowest BCUT2D eigenvalue weighted by atomic mass is 10.0. The third-order valence-corrected chi connectivity index (χ3v) is 4.24. The van der Waals surface area contributed by atoms with Crippen LogP contribution in [0.1, 0.15) is 22.3 Å². The first kappa shape index (κ1) is 15.8. The van der Waals surface area contributed by atoms with Gasteiger partial charge in [-0.25, -0.2) is 0 Å². The Hall–Kier alpha value is -3.06. The summed E-state index contributed by atoms with van der Waals surface area (Å²) in [6, 6.07) is 19.2. The Morgan fingerprint density at radius 3 is 2.71 bits per heavy atom. The van der Waals surface area contributed by atoms with Crippen molar-refractivity contribution in [3.8, 4) is 6.07 Å². The van der Waals surface area contributed by atoms with E-state index in [1.165, 1.54) is 0 Å². The zero-order valence-electron chi connectivity index (χ0n) is 13.5. The molecule has 0 radical (unpaired) electrons. The highest BCUT2D eigenvalue weighted by atomic mass is 16.3. The van der Waals surface area contributed by atoms with E-state index >= 15 is 0 Å². The third kappa shape index (κ3) is 3.16. The number of nitriles is 1. The first-order valence-electron chi connectivity index (χ1n) is 7.85. The van der Waals surface area contributed by atoms with E-state index in [1.54, 1.807) is 30.3 Å². The van der Waals surface area contributed by atoms with Gasteiger partial charge in [0.25, 0.3) is 5.91 Å². The number of hydrogen-bond acceptors (Lipinski definition) is 3. The second kappa shape index (κ2) is 7.01. The number of furan rings is 1. The predicted molar refractivity (Wildman–Crippen MR) is 92.5 cm³/mol. The highest BCUT2D eigenvalue weighted by Gasteiger charge is 2.23. The fourth-order valence-electron chi connectivity index (χ4n) is 2.87. The van der Waals surface area contributed by atoms with Gasteiger partial charge in [-0.1, -0.05) is 36.4 Å². The molecule has 0 bridgehead atoms. The maximum absolute atomic E-state index is 12.9. The van der Waals surface area contributed by atoms with Crippen molar-refractivity contribution in [2.75, 3.05) is 7.05 Å². The van der Waals surface area contributed by atoms with Gasteiger partial charge in [0, 0.05) is 18.5 Å². The van der Waals surface area contributed by atoms with Crippen LogP contribution in [0, 0.1) is 11.3 Å². The van der Waals surface area contributed by atoms with Crippen LogP contribution in [-0.2, 0) is 6.42 Å². The van der Waals surface area contributed by atoms with Crippen molar-refractivity contribution in [2.24, 2.45) is 0 Å². The summed E-state index contributed by atoms with van der Waals surface area (Å²) in [5, 5.41) is 9.95. The van der Waals surface area contributed by atoms with Crippen LogP contribution in [0.15, 0.2) is 65.3 Å². The number of carbonyl (C=O) groups excluding carboxylic acids is 1. The van der Waals surface area contributed by atoms with Crippen LogP contribution in [0.5, 0.6) is 0 Å². The number of benzene rings is 2. The summed E-state index contributed by atoms with van der Waals surface area (Å²) in [5.41, 5.74) is 2.40. The number of likely N-dealkylation sites (N-methyl/N-ethyl adjacent to an activating group) is 1. The monoisotopic (exact) mass is 318 g/mol. The van der Waals surface area contributed by atoms with E-state index in [9.17, 15) is 4.79 Å². The molecule has 1 atom stereocenters. The standard InChI is InChI=1S/C20H18N2O2/c1-22(16(10-12-21)14-15-6-3-2-4-7-15)20(23)18-8-5-9-19-17(18)11-13-24-19/h2-9,11,13,16H,10,14H2,1H3/t16-/m1/s1. The van der Waals surface area contributed by atoms with Crippen LogP contribution in [-0.4, -0.2) is 23.9 Å². The molecule has 0 fully saturated rings. The summed E-state index contributed by atoms with van der Waals surface area (Å²) in [5.74, 6) is -0.0989. The summed E-state index contributed by atoms with van der Waals surface area (Å²) in [7, 11) is 1.76. The molecule has 0 saturated carbocycles. The van der Waals surface area contributed by atoms with Crippen molar-refractivity contribution in [1.29, 1.82) is 5.26 Å². The van der Waals surface area contributed by atoms with Gasteiger partial charge >= 0.3 is 0 Å². The quantitative estimate of drug-likeness (QED) is 0.713. The average Bonchev–Trinajstić information content (AvgIpc) is 3.10. The Kier molecular flexibility index (Phi) is 4.62. The molecule has 0 aliphatic heterocycles. The lowest BCUT2D eigenvalue weighted by molar-refractivity contribution is 0.0735. The smallest absolute Gasteiger partial charge is 0.254 e. The molecule has 2 aromatic carbocycles. The van der Waals surface area contributed by atoms with Gasteiger partial charge in [-0.3, -0.25) is 4.79 Å². The number of rotatable bonds is 5. The second-order valence-electron chi connectivity index (χ2n) is 5.76. The molecule has 1 aromatic heterocycles. The number of amides is 1. The Bertz CT molecular complexity index is 877. The fraction of sp³-hybridized carbons (Fsp3) is 0.200. The van der Waals surface area contributed by atoms with Crippen LogP contribution in [0.3, 0.4) is 0 Å². The van der Waals surface area contributed by atoms with E-state index in [2.05, 4.69) is 6.07 Å². The second-order valence-corrected chi connectivity index (χ2v) is 5.76. The summed E-state index contributed by atoms with van der Waals surface area (Å²) >= 11 is 0. The van der Waals surface area contributed by atoms with Crippen molar-refractivity contribution in [1.82, 2.24) is 4.90 Å². The van der Waals surface area contributed by atoms with Gasteiger partial charge in [0.05, 0.1) is 24.3 Å². The fourth-order valence-corrected chi connectivity index (χ4v) is 2.87. The van der Waals surface area contributed by atoms with E-state index in [1.807, 2.05) is 42.5 Å². The lowest BCUT2D eigenvalue weighted by Crippen LogP contribution is -2.38. The van der Waals surface area contributed by atoms with Crippen LogP contribution in [0.4, 0.5) is 0 Å². The first-order valence-corrected chi connectivity index (χ1v) is 7.85. The molecule has 24 heavy (non-hydrogen) atoms. The minimum Gasteiger partial charge on any atom is -0.464 e. The summed E-state index contributed by atoms with van der Waals surface area (Å²) < 4.78 is 5.37. The average molecular weight is 318 g/mol. The summed E-state index contributed by atoms with van der Waals surface area (Å²) in [6.07, 6.45) is 2.52. The van der Waals surface area contributed by atoms with Crippen molar-refractivity contribution >= 4 is 16.9 Å². The topological polar surface area (TPSA) is 57.2 Å². The maximum Gasteiger partial charge on any atom is 0.254 e. The van der Waals surface area contributed by atoms with E-state index in [-0.39, 0.29) is 11.9 Å². The summed E-state index contributed by atoms with van der Waals surface area (Å²) in [6.45, 7) is 0. The molecule has 0 N–H and O–H groups in total. The zero-order valence-corrected chi connectivity index (χ0v) is 13.5. The van der Waals surface area contributed by atoms with Gasteiger partial charge in [0.15, 0.2) is 0 Å². The largest absolute Gasteiger partial charge is 0.464 e. The van der Waals surface area contributed by atoms with Gasteiger partial charge in [0.1, 0.15) is 5.58 Å². The van der Waals surface area contributed by atoms with E-state index in [4.69, 9.17) is 9.68 Å². The van der Waals surface area contributed by atoms with Gasteiger partial charge in [-0.15, -0.1) is 0 Å². The molecular formula is C20H18N2O2. The molecule has 3 aromatic rings. The van der Waals surface area contributed by atoms with Crippen LogP contribution in [0.25, 0.3) is 11.0 Å². The predicted octanol–water partition coefficient (Wildman–Crippen LogP) is 4.03. The van der Waals surface area contributed by atoms with E-state index in [0.717, 1.165) is 10.9 Å². The zero-order chi connectivity index (χ0) is 16.9. The van der Waals surface area contributed by atoms with Crippen molar-refractivity contribution in [2.45, 2.75) is 18.9 Å². The highest BCUT2D eigenvalue weighted by molar-refractivity contribution is 6.05. The number of carbonyl (C=O) groups is 1. The maximum atomic E-state index is 12.9. The third-order valence-electron chi connectivity index (χ3n) is 4.24. The first-order chi connectivity index (χ1) is 11.7. The van der Waals surface area contributed by atoms with Crippen molar-refractivity contribution in [3.63, 3.8) is 0 Å². The van der Waals surface area contributed by atoms with Crippen LogP contribution >= 0.6 is 0 Å². The minimum absolute atomic E-state index is 0.0989. The molecule has 3 rings (SSSR count). The Morgan fingerprint density at radius 1 is 1.17 bits per heavy atom. The molecule has 0 aliphatic carbocycles. The Balaban J connectivity index is 1.87. The van der Waals surface area contributed by atoms with Crippen molar-refractivity contribution in [3.05, 3.63) is 72.0 Å². The molecule has 4 nitrogen and oxygen atoms in total. The molecule has 0 saturated heterocycles. The molecule has 0 spiro atoms. The molecule has 0 aliphatic rings. The Morgan fingerprint density at radius 2 is 1.96 bits per heavy atom. The SMILES string of the molecule is CN(C(=O)c1cccc2occc12)[C@H](CC#N)Cc1ccccc1. The van der Waals surface area contributed by atoms with Crippen LogP contribution < -0.4 is 0 Å². The van der Waals surface area contributed by atoms with Gasteiger partial charge in [0.2, 0.25) is 0 Å². The van der Waals surface area contributed by atoms with Gasteiger partial charge < -0.3 is 9.32 Å². The summed E-state index contributed by atoms with van der Waals surface area (Å²) in [4.78, 5) is 14.6. The minimum atomic E-state index is -0.174. The van der Waals surface area contributed by atoms with E-state index < -0.39 is 0 Å². The molecule has 0 unspecified atom stereocenters. The van der Waals surface area contributed by atoms with Gasteiger partial charge in [-0.2, -0.15) is 5.26 Å². The molecule has 120 valence electrons. The number of hydrogen-bond donors (Lipinski definition) is 0. The highest BCUT2D eigenvalue weighted by Crippen LogP contribution is 2.22. The molecule has 1 heterocycles. The van der Waals surface area contributed by atoms with Crippen molar-refractivity contribution < 1.29 is 9.21 Å². The van der Waals surface area contributed by atoms with Gasteiger partial charge in [-0.05, 0) is 30.2 Å². The molecule has 1 amide bonds. The molecular weight excluding hydrogens is 300 g/mol.